The van der Waals surface area contributed by atoms with E-state index in [2.05, 4.69) is 0 Å². The molecule has 0 aromatic carbocycles. The van der Waals surface area contributed by atoms with Crippen molar-refractivity contribution in [3.8, 4) is 0 Å². The summed E-state index contributed by atoms with van der Waals surface area (Å²) in [4.78, 5) is 16.5. The van der Waals surface area contributed by atoms with Crippen molar-refractivity contribution in [3.05, 3.63) is 30.6 Å². The van der Waals surface area contributed by atoms with Crippen molar-refractivity contribution in [2.75, 3.05) is 0 Å². The molecule has 0 aromatic heterocycles. The van der Waals surface area contributed by atoms with E-state index in [0.717, 1.165) is 0 Å². The second-order valence-corrected chi connectivity index (χ2v) is 0.447. The summed E-state index contributed by atoms with van der Waals surface area (Å²) in [6.07, 6.45) is 0. The molecule has 0 saturated carbocycles. The molecule has 0 saturated heterocycles. The van der Waals surface area contributed by atoms with Gasteiger partial charge in [-0.2, -0.15) is 0 Å². The first-order chi connectivity index (χ1) is 3.46. The van der Waals surface area contributed by atoms with Crippen LogP contribution in [0.2, 0.25) is 0 Å². The molecule has 0 aromatic rings. The fraction of sp³-hybridized carbons (Fsp3) is 0. The van der Waals surface area contributed by atoms with Crippen molar-refractivity contribution in [1.29, 1.82) is 0 Å². The Hall–Kier alpha value is -0.262. The Labute approximate surface area is 80.8 Å². The second-order valence-electron chi connectivity index (χ2n) is 0.447. The summed E-state index contributed by atoms with van der Waals surface area (Å²) >= 11 is 0. The molecule has 0 aliphatic heterocycles. The fourth-order valence-corrected chi connectivity index (χ4v) is 0. The van der Waals surface area contributed by atoms with E-state index in [1.54, 1.807) is 0 Å². The first-order valence-corrected chi connectivity index (χ1v) is 1.10. The van der Waals surface area contributed by atoms with E-state index >= 15 is 0 Å². The van der Waals surface area contributed by atoms with Crippen LogP contribution in [0.3, 0.4) is 0 Å². The molecular formula is N2O6Sm. The summed E-state index contributed by atoms with van der Waals surface area (Å²) in [7, 11) is 0. The largest absolute Gasteiger partial charge is 2.00 e. The van der Waals surface area contributed by atoms with Crippen molar-refractivity contribution in [2.45, 2.75) is 0 Å². The van der Waals surface area contributed by atoms with E-state index in [-0.39, 0.29) is 40.4 Å². The van der Waals surface area contributed by atoms with E-state index in [0.29, 0.717) is 0 Å². The molecule has 0 rings (SSSR count). The molecule has 0 fully saturated rings. The molecule has 0 atom stereocenters. The Balaban J connectivity index is -0.0000000720. The van der Waals surface area contributed by atoms with Crippen LogP contribution >= 0.6 is 0 Å². The molecular weight excluding hydrogens is 274 g/mol. The van der Waals surface area contributed by atoms with Gasteiger partial charge in [0.2, 0.25) is 0 Å². The van der Waals surface area contributed by atoms with Gasteiger partial charge >= 0.3 is 40.4 Å². The summed E-state index contributed by atoms with van der Waals surface area (Å²) in [6.45, 7) is 0. The number of rotatable bonds is 0. The zero-order valence-electron chi connectivity index (χ0n) is 3.75. The van der Waals surface area contributed by atoms with Gasteiger partial charge in [0.05, 0.1) is 10.2 Å². The summed E-state index contributed by atoms with van der Waals surface area (Å²) < 4.78 is 0. The normalized spacial score (nSPS) is 5.33. The summed E-state index contributed by atoms with van der Waals surface area (Å²) in [5.74, 6) is 0. The van der Waals surface area contributed by atoms with Crippen LogP contribution in [-0.2, 0) is 0 Å². The van der Waals surface area contributed by atoms with Crippen molar-refractivity contribution in [2.24, 2.45) is 0 Å². The fourth-order valence-electron chi connectivity index (χ4n) is 0. The van der Waals surface area contributed by atoms with E-state index < -0.39 is 10.2 Å². The Kier molecular flexibility index (Phi) is 18.8. The summed E-state index contributed by atoms with van der Waals surface area (Å²) in [5, 5.41) is 29.5. The Morgan fingerprint density at radius 1 is 0.778 bits per heavy atom. The molecule has 8 nitrogen and oxygen atoms in total. The van der Waals surface area contributed by atoms with Gasteiger partial charge in [0, 0.05) is 0 Å². The van der Waals surface area contributed by atoms with Gasteiger partial charge in [0.25, 0.3) is 0 Å². The van der Waals surface area contributed by atoms with Gasteiger partial charge in [0.1, 0.15) is 0 Å². The molecule has 9 heavy (non-hydrogen) atoms. The first kappa shape index (κ1) is 15.9. The Morgan fingerprint density at radius 3 is 0.778 bits per heavy atom. The third kappa shape index (κ3) is 3700. The van der Waals surface area contributed by atoms with Crippen LogP contribution in [0.25, 0.3) is 0 Å². The maximum absolute atomic E-state index is 8.25. The predicted octanol–water partition coefficient (Wildman–Crippen LogP) is -0.478. The van der Waals surface area contributed by atoms with Gasteiger partial charge < -0.3 is 30.6 Å². The van der Waals surface area contributed by atoms with Gasteiger partial charge in [-0.05, 0) is 0 Å². The number of hydrogen-bond acceptors (Lipinski definition) is 6. The van der Waals surface area contributed by atoms with Crippen LogP contribution in [0.5, 0.6) is 0 Å². The minimum absolute atomic E-state index is 0. The van der Waals surface area contributed by atoms with Gasteiger partial charge in [-0.25, -0.2) is 0 Å². The average molecular weight is 274 g/mol. The van der Waals surface area contributed by atoms with Gasteiger partial charge in [-0.15, -0.1) is 0 Å². The van der Waals surface area contributed by atoms with Crippen molar-refractivity contribution >= 4 is 0 Å². The molecule has 0 unspecified atom stereocenters. The molecule has 0 heterocycles. The second kappa shape index (κ2) is 10.7. The number of nitrogens with zero attached hydrogens (tertiary/aromatic N) is 2. The molecule has 0 spiro atoms. The zero-order valence-corrected chi connectivity index (χ0v) is 6.37. The average Bonchev–Trinajstić information content (AvgIpc) is 1.25. The SMILES string of the molecule is O=[N+]([O-])[O-].O=[N+]([O-])[O-].[Sm+2]. The zero-order chi connectivity index (χ0) is 7.15. The van der Waals surface area contributed by atoms with Crippen LogP contribution < -0.4 is 0 Å². The molecule has 0 N–H and O–H groups in total. The topological polar surface area (TPSA) is 132 Å². The van der Waals surface area contributed by atoms with Crippen LogP contribution in [0.4, 0.5) is 0 Å². The quantitative estimate of drug-likeness (QED) is 0.433. The molecule has 52 valence electrons. The van der Waals surface area contributed by atoms with Gasteiger partial charge in [-0.1, -0.05) is 0 Å². The summed E-state index contributed by atoms with van der Waals surface area (Å²) in [6, 6.07) is 0. The minimum atomic E-state index is -1.75. The first-order valence-electron chi connectivity index (χ1n) is 1.10. The van der Waals surface area contributed by atoms with E-state index in [4.69, 9.17) is 30.6 Å². The van der Waals surface area contributed by atoms with Crippen molar-refractivity contribution < 1.29 is 50.6 Å². The summed E-state index contributed by atoms with van der Waals surface area (Å²) in [5.41, 5.74) is 0. The Morgan fingerprint density at radius 2 is 0.778 bits per heavy atom. The standard InChI is InChI=1S/2NO3.Sm/c2*2-1(3)4;/q2*-1;+2. The molecule has 0 aliphatic rings. The maximum Gasteiger partial charge on any atom is 2.00 e. The molecule has 0 radical (unpaired) electrons. The maximum atomic E-state index is 8.25. The smallest absolute Gasteiger partial charge is 0.356 e. The van der Waals surface area contributed by atoms with E-state index in [1.807, 2.05) is 0 Å². The van der Waals surface area contributed by atoms with E-state index in [9.17, 15) is 0 Å². The van der Waals surface area contributed by atoms with Crippen molar-refractivity contribution in [3.63, 3.8) is 0 Å². The monoisotopic (exact) mass is 276 g/mol. The van der Waals surface area contributed by atoms with Crippen molar-refractivity contribution in [1.82, 2.24) is 0 Å². The minimum Gasteiger partial charge on any atom is -0.356 e. The van der Waals surface area contributed by atoms with E-state index in [1.165, 1.54) is 0 Å². The van der Waals surface area contributed by atoms with Crippen LogP contribution in [-0.4, -0.2) is 10.2 Å². The molecule has 0 amide bonds. The Bertz CT molecular complexity index is 69.1. The molecule has 0 aliphatic carbocycles. The molecule has 9 heteroatoms. The predicted molar refractivity (Wildman–Crippen MR) is 20.7 cm³/mol. The van der Waals surface area contributed by atoms with Crippen LogP contribution in [0, 0.1) is 71.0 Å². The third-order valence-corrected chi connectivity index (χ3v) is 0. The molecule has 0 bridgehead atoms. The van der Waals surface area contributed by atoms with Crippen LogP contribution in [0.15, 0.2) is 0 Å². The van der Waals surface area contributed by atoms with Gasteiger partial charge in [-0.3, -0.25) is 0 Å². The van der Waals surface area contributed by atoms with Gasteiger partial charge in [0.15, 0.2) is 0 Å². The third-order valence-electron chi connectivity index (χ3n) is 0. The van der Waals surface area contributed by atoms with Crippen LogP contribution in [0.1, 0.15) is 0 Å². The number of hydrogen-bond donors (Lipinski definition) is 0.